The van der Waals surface area contributed by atoms with Crippen LogP contribution in [-0.4, -0.2) is 42.2 Å². The minimum atomic E-state index is 0.0589. The number of carbonyl (C=O) groups excluding carboxylic acids is 1. The highest BCUT2D eigenvalue weighted by Gasteiger charge is 2.28. The van der Waals surface area contributed by atoms with Gasteiger partial charge in [0.1, 0.15) is 0 Å². The number of fused-ring (bicyclic) bond motifs is 1. The number of likely N-dealkylation sites (N-methyl/N-ethyl adjacent to an activating group) is 1. The lowest BCUT2D eigenvalue weighted by Gasteiger charge is -2.16. The number of nitrogens with zero attached hydrogens (tertiary/aromatic N) is 1. The van der Waals surface area contributed by atoms with E-state index in [0.29, 0.717) is 0 Å². The highest BCUT2D eigenvalue weighted by atomic mass is 32.2. The molecule has 19 heavy (non-hydrogen) atoms. The minimum absolute atomic E-state index is 0.0589. The maximum absolute atomic E-state index is 12.1. The van der Waals surface area contributed by atoms with Gasteiger partial charge in [0.25, 0.3) is 0 Å². The zero-order valence-electron chi connectivity index (χ0n) is 11.3. The molecule has 1 aromatic carbocycles. The van der Waals surface area contributed by atoms with Crippen LogP contribution in [-0.2, 0) is 11.2 Å². The Morgan fingerprint density at radius 1 is 1.42 bits per heavy atom. The summed E-state index contributed by atoms with van der Waals surface area (Å²) in [6, 6.07) is 9.08. The molecule has 3 rings (SSSR count). The number of amides is 1. The van der Waals surface area contributed by atoms with Gasteiger partial charge in [0.15, 0.2) is 0 Å². The van der Waals surface area contributed by atoms with Gasteiger partial charge in [-0.15, -0.1) is 11.8 Å². The molecule has 0 bridgehead atoms. The fourth-order valence-electron chi connectivity index (χ4n) is 2.50. The predicted molar refractivity (Wildman–Crippen MR) is 78.5 cm³/mol. The fourth-order valence-corrected chi connectivity index (χ4v) is 3.72. The number of benzene rings is 1. The Hall–Kier alpha value is -1.00. The van der Waals surface area contributed by atoms with Gasteiger partial charge in [-0.3, -0.25) is 4.79 Å². The molecule has 2 aliphatic rings. The Morgan fingerprint density at radius 2 is 2.21 bits per heavy atom. The Morgan fingerprint density at radius 3 is 2.95 bits per heavy atom. The van der Waals surface area contributed by atoms with Gasteiger partial charge in [-0.25, -0.2) is 0 Å². The predicted octanol–water partition coefficient (Wildman–Crippen LogP) is 1.91. The van der Waals surface area contributed by atoms with Crippen LogP contribution in [0.15, 0.2) is 29.2 Å². The van der Waals surface area contributed by atoms with E-state index in [2.05, 4.69) is 29.4 Å². The van der Waals surface area contributed by atoms with Crippen molar-refractivity contribution in [1.82, 2.24) is 10.2 Å². The smallest absolute Gasteiger partial charge is 0.233 e. The Balaban J connectivity index is 1.44. The molecule has 0 radical (unpaired) electrons. The summed E-state index contributed by atoms with van der Waals surface area (Å²) in [6.07, 6.45) is 3.50. The highest BCUT2D eigenvalue weighted by molar-refractivity contribution is 8.01. The first kappa shape index (κ1) is 13.0. The molecule has 1 N–H and O–H groups in total. The molecule has 0 spiro atoms. The van der Waals surface area contributed by atoms with Crippen molar-refractivity contribution in [3.8, 4) is 0 Å². The quantitative estimate of drug-likeness (QED) is 0.891. The molecule has 4 heteroatoms. The Labute approximate surface area is 118 Å². The second-order valence-electron chi connectivity index (χ2n) is 5.42. The average Bonchev–Trinajstić information content (AvgIpc) is 3.17. The minimum Gasteiger partial charge on any atom is -0.354 e. The average molecular weight is 276 g/mol. The van der Waals surface area contributed by atoms with E-state index >= 15 is 0 Å². The van der Waals surface area contributed by atoms with Crippen molar-refractivity contribution < 1.29 is 4.79 Å². The van der Waals surface area contributed by atoms with Gasteiger partial charge in [0.2, 0.25) is 5.91 Å². The lowest BCUT2D eigenvalue weighted by atomic mass is 10.1. The lowest BCUT2D eigenvalue weighted by molar-refractivity contribution is -0.120. The Kier molecular flexibility index (Phi) is 3.80. The van der Waals surface area contributed by atoms with Crippen molar-refractivity contribution in [2.24, 2.45) is 0 Å². The number of rotatable bonds is 5. The van der Waals surface area contributed by atoms with Gasteiger partial charge in [0, 0.05) is 24.0 Å². The first-order chi connectivity index (χ1) is 9.24. The van der Waals surface area contributed by atoms with Gasteiger partial charge in [0.05, 0.1) is 5.25 Å². The van der Waals surface area contributed by atoms with Gasteiger partial charge in [-0.05, 0) is 37.9 Å². The summed E-state index contributed by atoms with van der Waals surface area (Å²) in [5, 5.41) is 3.13. The monoisotopic (exact) mass is 276 g/mol. The molecular weight excluding hydrogens is 256 g/mol. The van der Waals surface area contributed by atoms with E-state index in [1.807, 2.05) is 12.1 Å². The van der Waals surface area contributed by atoms with Crippen LogP contribution >= 0.6 is 11.8 Å². The van der Waals surface area contributed by atoms with Crippen molar-refractivity contribution in [2.75, 3.05) is 20.1 Å². The zero-order chi connectivity index (χ0) is 13.2. The summed E-state index contributed by atoms with van der Waals surface area (Å²) in [6.45, 7) is 1.72. The normalized spacial score (nSPS) is 21.5. The molecule has 102 valence electrons. The van der Waals surface area contributed by atoms with Crippen LogP contribution in [0.5, 0.6) is 0 Å². The van der Waals surface area contributed by atoms with E-state index in [4.69, 9.17) is 0 Å². The molecule has 1 aliphatic carbocycles. The molecule has 1 amide bonds. The summed E-state index contributed by atoms with van der Waals surface area (Å²) in [7, 11) is 2.14. The summed E-state index contributed by atoms with van der Waals surface area (Å²) in [5.74, 6) is 0.186. The highest BCUT2D eigenvalue weighted by Crippen LogP contribution is 2.36. The SMILES string of the molecule is CN(CCNC(=O)[C@@H]1Cc2ccccc2S1)C1CC1. The van der Waals surface area contributed by atoms with Gasteiger partial charge in [-0.2, -0.15) is 0 Å². The third-order valence-corrected chi connectivity index (χ3v) is 5.19. The topological polar surface area (TPSA) is 32.3 Å². The largest absolute Gasteiger partial charge is 0.354 e. The first-order valence-electron chi connectivity index (χ1n) is 6.96. The molecule has 1 heterocycles. The third kappa shape index (κ3) is 3.12. The molecule has 0 unspecified atom stereocenters. The molecule has 0 aromatic heterocycles. The molecule has 1 aromatic rings. The second-order valence-corrected chi connectivity index (χ2v) is 6.67. The maximum atomic E-state index is 12.1. The van der Waals surface area contributed by atoms with Gasteiger partial charge < -0.3 is 10.2 Å². The van der Waals surface area contributed by atoms with E-state index in [-0.39, 0.29) is 11.2 Å². The van der Waals surface area contributed by atoms with Crippen molar-refractivity contribution in [3.63, 3.8) is 0 Å². The number of hydrogen-bond donors (Lipinski definition) is 1. The van der Waals surface area contributed by atoms with Crippen LogP contribution in [0.3, 0.4) is 0 Å². The molecular formula is C15H20N2OS. The van der Waals surface area contributed by atoms with Gasteiger partial charge >= 0.3 is 0 Å². The molecule has 1 atom stereocenters. The summed E-state index contributed by atoms with van der Waals surface area (Å²) in [5.41, 5.74) is 1.31. The molecule has 1 fully saturated rings. The summed E-state index contributed by atoms with van der Waals surface area (Å²) < 4.78 is 0. The van der Waals surface area contributed by atoms with Crippen LogP contribution in [0.2, 0.25) is 0 Å². The van der Waals surface area contributed by atoms with E-state index in [1.54, 1.807) is 11.8 Å². The lowest BCUT2D eigenvalue weighted by Crippen LogP contribution is -2.38. The Bertz CT molecular complexity index is 448. The van der Waals surface area contributed by atoms with Crippen molar-refractivity contribution in [2.45, 2.75) is 35.4 Å². The van der Waals surface area contributed by atoms with Crippen LogP contribution in [0.4, 0.5) is 0 Å². The van der Waals surface area contributed by atoms with E-state index in [0.717, 1.165) is 25.6 Å². The van der Waals surface area contributed by atoms with Crippen molar-refractivity contribution in [1.29, 1.82) is 0 Å². The zero-order valence-corrected chi connectivity index (χ0v) is 12.1. The fraction of sp³-hybridized carbons (Fsp3) is 0.533. The molecule has 1 aliphatic heterocycles. The number of thioether (sulfide) groups is 1. The van der Waals surface area contributed by atoms with Crippen LogP contribution < -0.4 is 5.32 Å². The van der Waals surface area contributed by atoms with E-state index in [1.165, 1.54) is 23.3 Å². The van der Waals surface area contributed by atoms with Crippen LogP contribution in [0.1, 0.15) is 18.4 Å². The number of nitrogens with one attached hydrogen (secondary N) is 1. The van der Waals surface area contributed by atoms with Crippen molar-refractivity contribution in [3.05, 3.63) is 29.8 Å². The van der Waals surface area contributed by atoms with E-state index in [9.17, 15) is 4.79 Å². The standard InChI is InChI=1S/C15H20N2OS/c1-17(12-6-7-12)9-8-16-15(18)14-10-11-4-2-3-5-13(11)19-14/h2-5,12,14H,6-10H2,1H3,(H,16,18)/t14-/m0/s1. The number of hydrogen-bond acceptors (Lipinski definition) is 3. The second kappa shape index (κ2) is 5.55. The molecule has 0 saturated heterocycles. The number of carbonyl (C=O) groups is 1. The van der Waals surface area contributed by atoms with Crippen LogP contribution in [0.25, 0.3) is 0 Å². The van der Waals surface area contributed by atoms with E-state index < -0.39 is 0 Å². The summed E-state index contributed by atoms with van der Waals surface area (Å²) >= 11 is 1.70. The molecule has 3 nitrogen and oxygen atoms in total. The first-order valence-corrected chi connectivity index (χ1v) is 7.84. The molecule has 1 saturated carbocycles. The maximum Gasteiger partial charge on any atom is 0.233 e. The van der Waals surface area contributed by atoms with Crippen molar-refractivity contribution >= 4 is 17.7 Å². The summed E-state index contributed by atoms with van der Waals surface area (Å²) in [4.78, 5) is 15.7. The van der Waals surface area contributed by atoms with Crippen LogP contribution in [0, 0.1) is 0 Å². The van der Waals surface area contributed by atoms with Gasteiger partial charge in [-0.1, -0.05) is 18.2 Å². The third-order valence-electron chi connectivity index (χ3n) is 3.87.